The van der Waals surface area contributed by atoms with Crippen LogP contribution in [0.25, 0.3) is 6.08 Å². The fraction of sp³-hybridized carbons (Fsp3) is 0.0645. The Bertz CT molecular complexity index is 1580. The summed E-state index contributed by atoms with van der Waals surface area (Å²) in [6.07, 6.45) is 1.44. The summed E-state index contributed by atoms with van der Waals surface area (Å²) < 4.78 is 0. The van der Waals surface area contributed by atoms with E-state index in [1.165, 1.54) is 42.1 Å². The monoisotopic (exact) mass is 566 g/mol. The van der Waals surface area contributed by atoms with E-state index in [9.17, 15) is 24.5 Å². The maximum absolute atomic E-state index is 13.3. The molecule has 1 unspecified atom stereocenters. The number of carbonyl (C=O) groups excluding carboxylic acids is 3. The lowest BCUT2D eigenvalue weighted by Crippen LogP contribution is -2.30. The Hall–Kier alpha value is -5.22. The molecule has 3 N–H and O–H groups in total. The Kier molecular flexibility index (Phi) is 9.63. The molecule has 0 saturated heterocycles. The minimum absolute atomic E-state index is 0.0543. The van der Waals surface area contributed by atoms with Crippen LogP contribution >= 0.6 is 11.8 Å². The third-order valence-corrected chi connectivity index (χ3v) is 6.85. The van der Waals surface area contributed by atoms with Crippen molar-refractivity contribution in [2.75, 3.05) is 10.6 Å². The SMILES string of the molecule is CC(Sc1cccc(NC(=O)/C(=C\c2ccc([N+](=O)[O-])cc2)NC(=O)c2ccccc2)c1)C(=O)Nc1ccccc1. The van der Waals surface area contributed by atoms with Gasteiger partial charge in [0.1, 0.15) is 5.70 Å². The van der Waals surface area contributed by atoms with Crippen LogP contribution in [0.3, 0.4) is 0 Å². The first kappa shape index (κ1) is 28.8. The van der Waals surface area contributed by atoms with Gasteiger partial charge in [-0.15, -0.1) is 11.8 Å². The third kappa shape index (κ3) is 8.38. The number of hydrogen-bond acceptors (Lipinski definition) is 6. The maximum atomic E-state index is 13.3. The highest BCUT2D eigenvalue weighted by molar-refractivity contribution is 8.00. The first-order valence-electron chi connectivity index (χ1n) is 12.5. The summed E-state index contributed by atoms with van der Waals surface area (Å²) in [5.41, 5.74) is 1.85. The number of nitrogens with one attached hydrogen (secondary N) is 3. The Morgan fingerprint density at radius 3 is 2.10 bits per heavy atom. The van der Waals surface area contributed by atoms with Gasteiger partial charge >= 0.3 is 0 Å². The van der Waals surface area contributed by atoms with Crippen molar-refractivity contribution in [3.8, 4) is 0 Å². The number of thioether (sulfide) groups is 1. The van der Waals surface area contributed by atoms with E-state index >= 15 is 0 Å². The van der Waals surface area contributed by atoms with Gasteiger partial charge in [0, 0.05) is 34.0 Å². The third-order valence-electron chi connectivity index (χ3n) is 5.76. The molecule has 0 heterocycles. The molecule has 0 aliphatic carbocycles. The summed E-state index contributed by atoms with van der Waals surface area (Å²) in [6, 6.07) is 30.2. The minimum atomic E-state index is -0.593. The van der Waals surface area contributed by atoms with E-state index in [1.807, 2.05) is 36.4 Å². The molecule has 206 valence electrons. The number of rotatable bonds is 10. The lowest BCUT2D eigenvalue weighted by Gasteiger charge is -2.14. The van der Waals surface area contributed by atoms with Crippen LogP contribution < -0.4 is 16.0 Å². The highest BCUT2D eigenvalue weighted by atomic mass is 32.2. The Labute approximate surface area is 240 Å². The number of nitro benzene ring substituents is 1. The van der Waals surface area contributed by atoms with Crippen molar-refractivity contribution >= 4 is 52.6 Å². The summed E-state index contributed by atoms with van der Waals surface area (Å²) in [6.45, 7) is 1.79. The van der Waals surface area contributed by atoms with Gasteiger partial charge in [-0.05, 0) is 73.2 Å². The lowest BCUT2D eigenvalue weighted by molar-refractivity contribution is -0.384. The largest absolute Gasteiger partial charge is 0.325 e. The van der Waals surface area contributed by atoms with Crippen LogP contribution in [0.15, 0.2) is 120 Å². The van der Waals surface area contributed by atoms with Crippen LogP contribution in [0.4, 0.5) is 17.1 Å². The Balaban J connectivity index is 1.50. The van der Waals surface area contributed by atoms with Gasteiger partial charge in [0.15, 0.2) is 0 Å². The van der Waals surface area contributed by atoms with Crippen molar-refractivity contribution < 1.29 is 19.3 Å². The van der Waals surface area contributed by atoms with E-state index in [0.717, 1.165) is 4.90 Å². The molecule has 0 fully saturated rings. The topological polar surface area (TPSA) is 130 Å². The van der Waals surface area contributed by atoms with Crippen molar-refractivity contribution in [1.29, 1.82) is 0 Å². The molecule has 4 aromatic carbocycles. The molecule has 0 saturated carbocycles. The molecular formula is C31H26N4O5S. The van der Waals surface area contributed by atoms with Crippen LogP contribution in [-0.2, 0) is 9.59 Å². The number of para-hydroxylation sites is 1. The second-order valence-electron chi connectivity index (χ2n) is 8.82. The van der Waals surface area contributed by atoms with E-state index in [4.69, 9.17) is 0 Å². The average molecular weight is 567 g/mol. The van der Waals surface area contributed by atoms with E-state index in [1.54, 1.807) is 55.5 Å². The van der Waals surface area contributed by atoms with E-state index in [2.05, 4.69) is 16.0 Å². The Morgan fingerprint density at radius 2 is 1.44 bits per heavy atom. The zero-order valence-electron chi connectivity index (χ0n) is 21.9. The highest BCUT2D eigenvalue weighted by Crippen LogP contribution is 2.27. The number of nitro groups is 1. The van der Waals surface area contributed by atoms with Crippen LogP contribution in [0.2, 0.25) is 0 Å². The molecule has 41 heavy (non-hydrogen) atoms. The zero-order chi connectivity index (χ0) is 29.2. The van der Waals surface area contributed by atoms with Gasteiger partial charge in [0.2, 0.25) is 5.91 Å². The molecule has 1 atom stereocenters. The predicted octanol–water partition coefficient (Wildman–Crippen LogP) is 6.12. The van der Waals surface area contributed by atoms with Crippen molar-refractivity contribution in [3.05, 3.63) is 136 Å². The van der Waals surface area contributed by atoms with Gasteiger partial charge in [-0.2, -0.15) is 0 Å². The highest BCUT2D eigenvalue weighted by Gasteiger charge is 2.17. The normalized spacial score (nSPS) is 11.7. The number of benzene rings is 4. The molecule has 0 aliphatic heterocycles. The molecule has 0 bridgehead atoms. The number of non-ortho nitro benzene ring substituents is 1. The molecule has 4 rings (SSSR count). The molecule has 0 radical (unpaired) electrons. The molecule has 9 nitrogen and oxygen atoms in total. The lowest BCUT2D eigenvalue weighted by atomic mass is 10.1. The number of carbonyl (C=O) groups is 3. The predicted molar refractivity (Wildman–Crippen MR) is 160 cm³/mol. The quantitative estimate of drug-likeness (QED) is 0.0917. The molecule has 0 aliphatic rings. The van der Waals surface area contributed by atoms with Crippen LogP contribution in [0, 0.1) is 10.1 Å². The fourth-order valence-corrected chi connectivity index (χ4v) is 4.60. The van der Waals surface area contributed by atoms with Gasteiger partial charge in [-0.25, -0.2) is 0 Å². The van der Waals surface area contributed by atoms with Gasteiger partial charge < -0.3 is 16.0 Å². The molecule has 4 aromatic rings. The molecular weight excluding hydrogens is 540 g/mol. The molecule has 10 heteroatoms. The second kappa shape index (κ2) is 13.7. The summed E-state index contributed by atoms with van der Waals surface area (Å²) in [7, 11) is 0. The first-order chi connectivity index (χ1) is 19.8. The molecule has 3 amide bonds. The summed E-state index contributed by atoms with van der Waals surface area (Å²) in [5, 5.41) is 18.9. The van der Waals surface area contributed by atoms with Gasteiger partial charge in [0.25, 0.3) is 17.5 Å². The number of amides is 3. The zero-order valence-corrected chi connectivity index (χ0v) is 22.8. The van der Waals surface area contributed by atoms with Gasteiger partial charge in [0.05, 0.1) is 10.2 Å². The number of hydrogen-bond donors (Lipinski definition) is 3. The molecule has 0 aromatic heterocycles. The standard InChI is InChI=1S/C31H26N4O5S/c1-21(29(36)32-24-11-6-3-7-12-24)41-27-14-8-13-25(20-27)33-31(38)28(34-30(37)23-9-4-2-5-10-23)19-22-15-17-26(18-16-22)35(39)40/h2-21H,1H3,(H,32,36)(H,33,38)(H,34,37)/b28-19+. The van der Waals surface area contributed by atoms with Crippen molar-refractivity contribution in [3.63, 3.8) is 0 Å². The van der Waals surface area contributed by atoms with E-state index < -0.39 is 22.0 Å². The number of anilines is 2. The van der Waals surface area contributed by atoms with Crippen molar-refractivity contribution in [2.45, 2.75) is 17.1 Å². The summed E-state index contributed by atoms with van der Waals surface area (Å²) in [5.74, 6) is -1.24. The smallest absolute Gasteiger partial charge is 0.272 e. The second-order valence-corrected chi connectivity index (χ2v) is 10.2. The fourth-order valence-electron chi connectivity index (χ4n) is 3.67. The first-order valence-corrected chi connectivity index (χ1v) is 13.4. The van der Waals surface area contributed by atoms with Crippen molar-refractivity contribution in [1.82, 2.24) is 5.32 Å². The van der Waals surface area contributed by atoms with E-state index in [-0.39, 0.29) is 17.3 Å². The number of nitrogens with zero attached hydrogens (tertiary/aromatic N) is 1. The Morgan fingerprint density at radius 1 is 0.805 bits per heavy atom. The summed E-state index contributed by atoms with van der Waals surface area (Å²) >= 11 is 1.33. The van der Waals surface area contributed by atoms with Crippen LogP contribution in [0.1, 0.15) is 22.8 Å². The minimum Gasteiger partial charge on any atom is -0.325 e. The van der Waals surface area contributed by atoms with Crippen LogP contribution in [0.5, 0.6) is 0 Å². The van der Waals surface area contributed by atoms with E-state index in [0.29, 0.717) is 22.5 Å². The average Bonchev–Trinajstić information content (AvgIpc) is 2.98. The van der Waals surface area contributed by atoms with Crippen molar-refractivity contribution in [2.24, 2.45) is 0 Å². The van der Waals surface area contributed by atoms with Gasteiger partial charge in [-0.1, -0.05) is 42.5 Å². The maximum Gasteiger partial charge on any atom is 0.272 e. The van der Waals surface area contributed by atoms with Crippen LogP contribution in [-0.4, -0.2) is 27.9 Å². The molecule has 0 spiro atoms. The summed E-state index contributed by atoms with van der Waals surface area (Å²) in [4.78, 5) is 50.1. The van der Waals surface area contributed by atoms with Gasteiger partial charge in [-0.3, -0.25) is 24.5 Å².